The van der Waals surface area contributed by atoms with Crippen molar-refractivity contribution in [1.29, 1.82) is 0 Å². The maximum absolute atomic E-state index is 13.9. The Labute approximate surface area is 142 Å². The predicted octanol–water partition coefficient (Wildman–Crippen LogP) is 3.40. The molecule has 2 aromatic carbocycles. The summed E-state index contributed by atoms with van der Waals surface area (Å²) in [7, 11) is 0. The quantitative estimate of drug-likeness (QED) is 0.924. The molecule has 0 aliphatic carbocycles. The first kappa shape index (κ1) is 17.0. The molecule has 1 N–H and O–H groups in total. The Hall–Kier alpha value is -2.83. The summed E-state index contributed by atoms with van der Waals surface area (Å²) < 4.78 is 40.4. The van der Waals surface area contributed by atoms with Gasteiger partial charge in [0.15, 0.2) is 0 Å². The zero-order valence-electron chi connectivity index (χ0n) is 13.4. The molecule has 0 bridgehead atoms. The van der Waals surface area contributed by atoms with Crippen LogP contribution < -0.4 is 10.2 Å². The molecule has 130 valence electrons. The van der Waals surface area contributed by atoms with Gasteiger partial charge in [-0.05, 0) is 36.8 Å². The van der Waals surface area contributed by atoms with Crippen LogP contribution in [0.1, 0.15) is 12.0 Å². The van der Waals surface area contributed by atoms with Crippen LogP contribution >= 0.6 is 0 Å². The van der Waals surface area contributed by atoms with Gasteiger partial charge in [-0.1, -0.05) is 6.07 Å². The van der Waals surface area contributed by atoms with E-state index in [0.29, 0.717) is 11.6 Å². The van der Waals surface area contributed by atoms with Crippen LogP contribution in [0, 0.1) is 30.3 Å². The highest BCUT2D eigenvalue weighted by atomic mass is 19.1. The number of hydrogen-bond acceptors (Lipinski definition) is 2. The lowest BCUT2D eigenvalue weighted by molar-refractivity contribution is -0.122. The van der Waals surface area contributed by atoms with Crippen LogP contribution in [0.5, 0.6) is 0 Å². The van der Waals surface area contributed by atoms with E-state index in [1.807, 2.05) is 0 Å². The zero-order chi connectivity index (χ0) is 18.1. The Morgan fingerprint density at radius 2 is 1.88 bits per heavy atom. The molecular formula is C18H15F3N2O2. The van der Waals surface area contributed by atoms with Gasteiger partial charge in [0.05, 0.1) is 11.6 Å². The van der Waals surface area contributed by atoms with E-state index >= 15 is 0 Å². The first-order valence-corrected chi connectivity index (χ1v) is 7.67. The fraction of sp³-hybridized carbons (Fsp3) is 0.222. The summed E-state index contributed by atoms with van der Waals surface area (Å²) in [4.78, 5) is 25.5. The normalized spacial score (nSPS) is 17.0. The summed E-state index contributed by atoms with van der Waals surface area (Å²) in [6.45, 7) is 1.58. The van der Waals surface area contributed by atoms with E-state index in [2.05, 4.69) is 5.32 Å². The molecule has 1 fully saturated rings. The van der Waals surface area contributed by atoms with Crippen LogP contribution in [0.2, 0.25) is 0 Å². The molecule has 0 radical (unpaired) electrons. The van der Waals surface area contributed by atoms with Crippen LogP contribution in [0.4, 0.5) is 24.5 Å². The summed E-state index contributed by atoms with van der Waals surface area (Å²) in [5, 5.41) is 2.56. The van der Waals surface area contributed by atoms with Crippen molar-refractivity contribution >= 4 is 23.2 Å². The SMILES string of the molecule is Cc1ccc(NC(=O)C2CC(=O)N(c3ccc(F)cc3F)C2)cc1F. The molecule has 3 rings (SSSR count). The van der Waals surface area contributed by atoms with Gasteiger partial charge in [-0.15, -0.1) is 0 Å². The van der Waals surface area contributed by atoms with Crippen LogP contribution in [0.25, 0.3) is 0 Å². The lowest BCUT2D eigenvalue weighted by Gasteiger charge is -2.17. The number of amides is 2. The number of hydrogen-bond donors (Lipinski definition) is 1. The van der Waals surface area contributed by atoms with Crippen molar-refractivity contribution in [3.05, 3.63) is 59.4 Å². The molecule has 1 aliphatic rings. The fourth-order valence-corrected chi connectivity index (χ4v) is 2.73. The van der Waals surface area contributed by atoms with Gasteiger partial charge in [-0.2, -0.15) is 0 Å². The number of nitrogens with one attached hydrogen (secondary N) is 1. The lowest BCUT2D eigenvalue weighted by atomic mass is 10.1. The molecule has 0 aromatic heterocycles. The van der Waals surface area contributed by atoms with Crippen LogP contribution in [0.15, 0.2) is 36.4 Å². The maximum atomic E-state index is 13.9. The maximum Gasteiger partial charge on any atom is 0.229 e. The third-order valence-electron chi connectivity index (χ3n) is 4.14. The van der Waals surface area contributed by atoms with Gasteiger partial charge < -0.3 is 10.2 Å². The van der Waals surface area contributed by atoms with Crippen LogP contribution in [-0.2, 0) is 9.59 Å². The van der Waals surface area contributed by atoms with Crippen molar-refractivity contribution in [2.24, 2.45) is 5.92 Å². The molecule has 0 spiro atoms. The highest BCUT2D eigenvalue weighted by Crippen LogP contribution is 2.28. The minimum absolute atomic E-state index is 0.0262. The van der Waals surface area contributed by atoms with Gasteiger partial charge in [-0.3, -0.25) is 9.59 Å². The van der Waals surface area contributed by atoms with Crippen molar-refractivity contribution < 1.29 is 22.8 Å². The van der Waals surface area contributed by atoms with Gasteiger partial charge in [0.2, 0.25) is 11.8 Å². The summed E-state index contributed by atoms with van der Waals surface area (Å²) in [6.07, 6.45) is -0.100. The average molecular weight is 348 g/mol. The number of benzene rings is 2. The molecule has 1 atom stereocenters. The topological polar surface area (TPSA) is 49.4 Å². The van der Waals surface area contributed by atoms with Gasteiger partial charge >= 0.3 is 0 Å². The van der Waals surface area contributed by atoms with E-state index in [4.69, 9.17) is 0 Å². The number of halogens is 3. The standard InChI is InChI=1S/C18H15F3N2O2/c1-10-2-4-13(8-14(10)20)22-18(25)11-6-17(24)23(9-11)16-5-3-12(19)7-15(16)21/h2-5,7-8,11H,6,9H2,1H3,(H,22,25). The second-order valence-electron chi connectivity index (χ2n) is 5.95. The van der Waals surface area contributed by atoms with E-state index in [9.17, 15) is 22.8 Å². The summed E-state index contributed by atoms with van der Waals surface area (Å²) >= 11 is 0. The van der Waals surface area contributed by atoms with Gasteiger partial charge in [0.1, 0.15) is 17.5 Å². The van der Waals surface area contributed by atoms with Gasteiger partial charge in [0.25, 0.3) is 0 Å². The summed E-state index contributed by atoms with van der Waals surface area (Å²) in [5.74, 6) is -3.66. The van der Waals surface area contributed by atoms with E-state index < -0.39 is 35.2 Å². The molecule has 2 aromatic rings. The Kier molecular flexibility index (Phi) is 4.48. The van der Waals surface area contributed by atoms with Crippen LogP contribution in [-0.4, -0.2) is 18.4 Å². The largest absolute Gasteiger partial charge is 0.326 e. The second-order valence-corrected chi connectivity index (χ2v) is 5.95. The molecule has 1 heterocycles. The van der Waals surface area contributed by atoms with Gasteiger partial charge in [0, 0.05) is 24.7 Å². The van der Waals surface area contributed by atoms with Crippen molar-refractivity contribution in [2.75, 3.05) is 16.8 Å². The second kappa shape index (κ2) is 6.58. The Bertz CT molecular complexity index is 854. The minimum atomic E-state index is -0.866. The number of nitrogens with zero attached hydrogens (tertiary/aromatic N) is 1. The first-order valence-electron chi connectivity index (χ1n) is 7.67. The van der Waals surface area contributed by atoms with Gasteiger partial charge in [-0.25, -0.2) is 13.2 Å². The molecule has 1 unspecified atom stereocenters. The molecule has 0 saturated carbocycles. The predicted molar refractivity (Wildman–Crippen MR) is 86.6 cm³/mol. The highest BCUT2D eigenvalue weighted by Gasteiger charge is 2.36. The number of rotatable bonds is 3. The summed E-state index contributed by atoms with van der Waals surface area (Å²) in [5.41, 5.74) is 0.669. The van der Waals surface area contributed by atoms with Crippen LogP contribution in [0.3, 0.4) is 0 Å². The van der Waals surface area contributed by atoms with Crippen molar-refractivity contribution in [2.45, 2.75) is 13.3 Å². The van der Waals surface area contributed by atoms with E-state index in [-0.39, 0.29) is 24.3 Å². The molecule has 1 aliphatic heterocycles. The number of aryl methyl sites for hydroxylation is 1. The Balaban J connectivity index is 1.73. The minimum Gasteiger partial charge on any atom is -0.326 e. The van der Waals surface area contributed by atoms with Crippen molar-refractivity contribution in [1.82, 2.24) is 0 Å². The smallest absolute Gasteiger partial charge is 0.229 e. The number of carbonyl (C=O) groups excluding carboxylic acids is 2. The van der Waals surface area contributed by atoms with Crippen molar-refractivity contribution in [3.8, 4) is 0 Å². The average Bonchev–Trinajstić information content (AvgIpc) is 2.93. The number of carbonyl (C=O) groups is 2. The third kappa shape index (κ3) is 3.50. The lowest BCUT2D eigenvalue weighted by Crippen LogP contribution is -2.28. The first-order chi connectivity index (χ1) is 11.8. The fourth-order valence-electron chi connectivity index (χ4n) is 2.73. The zero-order valence-corrected chi connectivity index (χ0v) is 13.4. The Morgan fingerprint density at radius 1 is 1.12 bits per heavy atom. The third-order valence-corrected chi connectivity index (χ3v) is 4.14. The molecule has 2 amide bonds. The molecule has 25 heavy (non-hydrogen) atoms. The van der Waals surface area contributed by atoms with E-state index in [1.165, 1.54) is 12.1 Å². The Morgan fingerprint density at radius 3 is 2.56 bits per heavy atom. The highest BCUT2D eigenvalue weighted by molar-refractivity contribution is 6.03. The van der Waals surface area contributed by atoms with E-state index in [0.717, 1.165) is 17.0 Å². The molecule has 1 saturated heterocycles. The molecule has 7 heteroatoms. The van der Waals surface area contributed by atoms with E-state index in [1.54, 1.807) is 13.0 Å². The van der Waals surface area contributed by atoms with Crippen molar-refractivity contribution in [3.63, 3.8) is 0 Å². The molecular weight excluding hydrogens is 333 g/mol. The summed E-state index contributed by atoms with van der Waals surface area (Å²) in [6, 6.07) is 7.19. The number of anilines is 2. The monoisotopic (exact) mass is 348 g/mol. The molecule has 4 nitrogen and oxygen atoms in total.